The van der Waals surface area contributed by atoms with E-state index in [4.69, 9.17) is 0 Å². The third-order valence-corrected chi connectivity index (χ3v) is 4.76. The minimum Gasteiger partial charge on any atom is -0.392 e. The number of nitrogens with zero attached hydrogens (tertiary/aromatic N) is 1. The first-order valence-corrected chi connectivity index (χ1v) is 8.97. The second-order valence-electron chi connectivity index (χ2n) is 6.48. The van der Waals surface area contributed by atoms with Crippen molar-refractivity contribution in [3.63, 3.8) is 0 Å². The molecule has 3 heteroatoms. The van der Waals surface area contributed by atoms with Crippen LogP contribution in [0.5, 0.6) is 0 Å². The maximum absolute atomic E-state index is 9.36. The van der Waals surface area contributed by atoms with Gasteiger partial charge in [0.2, 0.25) is 0 Å². The quantitative estimate of drug-likeness (QED) is 0.511. The highest BCUT2D eigenvalue weighted by Crippen LogP contribution is 2.38. The van der Waals surface area contributed by atoms with Gasteiger partial charge in [-0.3, -0.25) is 0 Å². The van der Waals surface area contributed by atoms with Crippen molar-refractivity contribution in [1.82, 2.24) is 0 Å². The molecule has 0 aliphatic carbocycles. The SMILES string of the molecule is OCc1ccc(N(c2ccc(CO)cc2)c2cccc3ccccc23)cc1. The average Bonchev–Trinajstić information content (AvgIpc) is 2.75. The van der Waals surface area contributed by atoms with Crippen LogP contribution in [0.2, 0.25) is 0 Å². The molecule has 0 unspecified atom stereocenters. The first-order valence-electron chi connectivity index (χ1n) is 8.97. The predicted octanol–water partition coefficient (Wildman–Crippen LogP) is 5.29. The molecule has 3 nitrogen and oxygen atoms in total. The zero-order valence-electron chi connectivity index (χ0n) is 14.9. The van der Waals surface area contributed by atoms with Crippen LogP contribution in [-0.4, -0.2) is 10.2 Å². The Hall–Kier alpha value is -3.14. The van der Waals surface area contributed by atoms with Crippen LogP contribution in [0.4, 0.5) is 17.1 Å². The van der Waals surface area contributed by atoms with E-state index in [9.17, 15) is 10.2 Å². The zero-order chi connectivity index (χ0) is 18.6. The Balaban J connectivity index is 1.91. The summed E-state index contributed by atoms with van der Waals surface area (Å²) >= 11 is 0. The lowest BCUT2D eigenvalue weighted by Crippen LogP contribution is -2.10. The molecule has 0 atom stereocenters. The summed E-state index contributed by atoms with van der Waals surface area (Å²) in [5.41, 5.74) is 4.88. The van der Waals surface area contributed by atoms with E-state index in [1.807, 2.05) is 60.7 Å². The monoisotopic (exact) mass is 355 g/mol. The van der Waals surface area contributed by atoms with Gasteiger partial charge in [-0.2, -0.15) is 0 Å². The fourth-order valence-corrected chi connectivity index (χ4v) is 3.33. The summed E-state index contributed by atoms with van der Waals surface area (Å²) < 4.78 is 0. The number of rotatable bonds is 5. The topological polar surface area (TPSA) is 43.7 Å². The Bertz CT molecular complexity index is 987. The third kappa shape index (κ3) is 3.43. The van der Waals surface area contributed by atoms with E-state index in [1.165, 1.54) is 5.39 Å². The minimum absolute atomic E-state index is 0.0275. The van der Waals surface area contributed by atoms with Gasteiger partial charge in [0, 0.05) is 16.8 Å². The van der Waals surface area contributed by atoms with Gasteiger partial charge >= 0.3 is 0 Å². The van der Waals surface area contributed by atoms with Gasteiger partial charge in [-0.05, 0) is 46.8 Å². The maximum atomic E-state index is 9.36. The van der Waals surface area contributed by atoms with Gasteiger partial charge in [-0.15, -0.1) is 0 Å². The number of anilines is 3. The van der Waals surface area contributed by atoms with E-state index in [0.717, 1.165) is 33.6 Å². The maximum Gasteiger partial charge on any atom is 0.0681 e. The molecule has 4 aromatic rings. The van der Waals surface area contributed by atoms with E-state index >= 15 is 0 Å². The summed E-state index contributed by atoms with van der Waals surface area (Å²) in [5.74, 6) is 0. The molecule has 0 saturated carbocycles. The van der Waals surface area contributed by atoms with Crippen LogP contribution >= 0.6 is 0 Å². The van der Waals surface area contributed by atoms with Crippen molar-refractivity contribution < 1.29 is 10.2 Å². The van der Waals surface area contributed by atoms with Crippen molar-refractivity contribution in [2.24, 2.45) is 0 Å². The van der Waals surface area contributed by atoms with E-state index in [-0.39, 0.29) is 13.2 Å². The highest BCUT2D eigenvalue weighted by Gasteiger charge is 2.15. The summed E-state index contributed by atoms with van der Waals surface area (Å²) in [4.78, 5) is 2.20. The van der Waals surface area contributed by atoms with Crippen LogP contribution < -0.4 is 4.90 Å². The molecule has 0 bridgehead atoms. The van der Waals surface area contributed by atoms with Gasteiger partial charge in [-0.1, -0.05) is 60.7 Å². The molecule has 0 aliphatic rings. The average molecular weight is 355 g/mol. The minimum atomic E-state index is 0.0275. The van der Waals surface area contributed by atoms with E-state index in [0.29, 0.717) is 0 Å². The fourth-order valence-electron chi connectivity index (χ4n) is 3.33. The molecular formula is C24H21NO2. The molecule has 0 amide bonds. The molecule has 27 heavy (non-hydrogen) atoms. The second-order valence-corrected chi connectivity index (χ2v) is 6.48. The van der Waals surface area contributed by atoms with E-state index < -0.39 is 0 Å². The van der Waals surface area contributed by atoms with Gasteiger partial charge < -0.3 is 15.1 Å². The number of hydrogen-bond acceptors (Lipinski definition) is 3. The highest BCUT2D eigenvalue weighted by molar-refractivity contribution is 5.98. The van der Waals surface area contributed by atoms with Gasteiger partial charge in [0.15, 0.2) is 0 Å². The summed E-state index contributed by atoms with van der Waals surface area (Å²) in [5, 5.41) is 21.1. The molecule has 134 valence electrons. The number of fused-ring (bicyclic) bond motifs is 1. The van der Waals surface area contributed by atoms with Crippen molar-refractivity contribution in [2.75, 3.05) is 4.90 Å². The fraction of sp³-hybridized carbons (Fsp3) is 0.0833. The highest BCUT2D eigenvalue weighted by atomic mass is 16.3. The first kappa shape index (κ1) is 17.3. The van der Waals surface area contributed by atoms with Crippen LogP contribution in [0.25, 0.3) is 10.8 Å². The molecular weight excluding hydrogens is 334 g/mol. The van der Waals surface area contributed by atoms with Crippen molar-refractivity contribution in [3.05, 3.63) is 102 Å². The first-order chi connectivity index (χ1) is 13.3. The largest absolute Gasteiger partial charge is 0.392 e. The summed E-state index contributed by atoms with van der Waals surface area (Å²) in [6.45, 7) is 0.0550. The normalized spacial score (nSPS) is 10.9. The van der Waals surface area contributed by atoms with Gasteiger partial charge in [0.05, 0.1) is 18.9 Å². The Morgan fingerprint density at radius 3 is 1.63 bits per heavy atom. The van der Waals surface area contributed by atoms with Gasteiger partial charge in [0.25, 0.3) is 0 Å². The number of aliphatic hydroxyl groups excluding tert-OH is 2. The Labute approximate surface area is 158 Å². The van der Waals surface area contributed by atoms with Crippen LogP contribution in [0.1, 0.15) is 11.1 Å². The third-order valence-electron chi connectivity index (χ3n) is 4.76. The van der Waals surface area contributed by atoms with E-state index in [2.05, 4.69) is 35.2 Å². The van der Waals surface area contributed by atoms with Crippen molar-refractivity contribution in [1.29, 1.82) is 0 Å². The Morgan fingerprint density at radius 1 is 0.556 bits per heavy atom. The van der Waals surface area contributed by atoms with Crippen molar-refractivity contribution in [2.45, 2.75) is 13.2 Å². The van der Waals surface area contributed by atoms with Crippen molar-refractivity contribution in [3.8, 4) is 0 Å². The van der Waals surface area contributed by atoms with Crippen molar-refractivity contribution >= 4 is 27.8 Å². The molecule has 0 spiro atoms. The van der Waals surface area contributed by atoms with Crippen LogP contribution in [-0.2, 0) is 13.2 Å². The number of benzene rings is 4. The Morgan fingerprint density at radius 2 is 1.07 bits per heavy atom. The lowest BCUT2D eigenvalue weighted by Gasteiger charge is -2.27. The Kier molecular flexibility index (Phi) is 4.88. The molecule has 0 radical (unpaired) electrons. The summed E-state index contributed by atoms with van der Waals surface area (Å²) in [7, 11) is 0. The standard InChI is InChI=1S/C24H21NO2/c26-16-18-8-12-21(13-9-18)25(22-14-10-19(17-27)11-15-22)24-7-3-5-20-4-1-2-6-23(20)24/h1-15,26-27H,16-17H2. The molecule has 2 N–H and O–H groups in total. The molecule has 4 aromatic carbocycles. The van der Waals surface area contributed by atoms with Crippen LogP contribution in [0, 0.1) is 0 Å². The lowest BCUT2D eigenvalue weighted by atomic mass is 10.1. The van der Waals surface area contributed by atoms with Crippen LogP contribution in [0.15, 0.2) is 91.0 Å². The molecule has 0 fully saturated rings. The molecule has 0 aromatic heterocycles. The second kappa shape index (κ2) is 7.62. The lowest BCUT2D eigenvalue weighted by molar-refractivity contribution is 0.281. The molecule has 0 aliphatic heterocycles. The molecule has 0 saturated heterocycles. The summed E-state index contributed by atoms with van der Waals surface area (Å²) in [6, 6.07) is 30.5. The molecule has 4 rings (SSSR count). The van der Waals surface area contributed by atoms with Gasteiger partial charge in [-0.25, -0.2) is 0 Å². The predicted molar refractivity (Wildman–Crippen MR) is 110 cm³/mol. The van der Waals surface area contributed by atoms with Crippen LogP contribution in [0.3, 0.4) is 0 Å². The van der Waals surface area contributed by atoms with E-state index in [1.54, 1.807) is 0 Å². The smallest absolute Gasteiger partial charge is 0.0681 e. The summed E-state index contributed by atoms with van der Waals surface area (Å²) in [6.07, 6.45) is 0. The number of aliphatic hydroxyl groups is 2. The zero-order valence-corrected chi connectivity index (χ0v) is 14.9. The van der Waals surface area contributed by atoms with Gasteiger partial charge in [0.1, 0.15) is 0 Å². The molecule has 0 heterocycles. The number of hydrogen-bond donors (Lipinski definition) is 2.